The Labute approximate surface area is 199 Å². The van der Waals surface area contributed by atoms with Gasteiger partial charge in [-0.05, 0) is 55.5 Å². The van der Waals surface area contributed by atoms with Gasteiger partial charge >= 0.3 is 12.0 Å². The predicted molar refractivity (Wildman–Crippen MR) is 127 cm³/mol. The third kappa shape index (κ3) is 4.56. The molecule has 1 aromatic heterocycles. The fraction of sp³-hybridized carbons (Fsp3) is 0.435. The topological polar surface area (TPSA) is 88.8 Å². The third-order valence-corrected chi connectivity index (χ3v) is 6.86. The van der Waals surface area contributed by atoms with E-state index in [1.807, 2.05) is 23.1 Å². The molecule has 172 valence electrons. The van der Waals surface area contributed by atoms with Crippen LogP contribution in [0.3, 0.4) is 0 Å². The van der Waals surface area contributed by atoms with Crippen molar-refractivity contribution in [3.05, 3.63) is 58.7 Å². The zero-order chi connectivity index (χ0) is 22.0. The van der Waals surface area contributed by atoms with E-state index < -0.39 is 5.97 Å². The van der Waals surface area contributed by atoms with Crippen LogP contribution in [0.1, 0.15) is 41.7 Å². The zero-order valence-corrected chi connectivity index (χ0v) is 19.6. The lowest BCUT2D eigenvalue weighted by molar-refractivity contribution is 0.0594. The van der Waals surface area contributed by atoms with Gasteiger partial charge in [0.15, 0.2) is 5.69 Å². The maximum Gasteiger partial charge on any atom is 0.356 e. The summed E-state index contributed by atoms with van der Waals surface area (Å²) in [6.07, 6.45) is 3.60. The van der Waals surface area contributed by atoms with Crippen LogP contribution in [0, 0.1) is 0 Å². The van der Waals surface area contributed by atoms with Crippen LogP contribution in [0.5, 0.6) is 0 Å². The number of hydrogen-bond donors (Lipinski definition) is 1. The molecule has 0 bridgehead atoms. The summed E-state index contributed by atoms with van der Waals surface area (Å²) in [6.45, 7) is 1.74. The number of nitrogens with zero attached hydrogens (tertiary/aromatic N) is 3. The fourth-order valence-electron chi connectivity index (χ4n) is 4.79. The molecule has 2 aromatic rings. The molecule has 2 aliphatic rings. The Morgan fingerprint density at radius 1 is 1.22 bits per heavy atom. The van der Waals surface area contributed by atoms with Crippen molar-refractivity contribution in [1.82, 2.24) is 9.88 Å². The molecule has 2 fully saturated rings. The highest BCUT2D eigenvalue weighted by Crippen LogP contribution is 2.41. The molecule has 7 nitrogen and oxygen atoms in total. The highest BCUT2D eigenvalue weighted by Gasteiger charge is 2.41. The summed E-state index contributed by atoms with van der Waals surface area (Å²) >= 11 is 6.21. The largest absolute Gasteiger partial charge is 0.464 e. The quantitative estimate of drug-likeness (QED) is 0.655. The monoisotopic (exact) mass is 478 g/mol. The molecule has 0 spiro atoms. The van der Waals surface area contributed by atoms with Crippen molar-refractivity contribution in [3.8, 4) is 0 Å². The van der Waals surface area contributed by atoms with Gasteiger partial charge in [0.1, 0.15) is 5.82 Å². The van der Waals surface area contributed by atoms with E-state index in [0.29, 0.717) is 25.5 Å². The number of carbonyl (C=O) groups is 2. The first-order chi connectivity index (χ1) is 15.0. The number of nitrogens with two attached hydrogens (primary N) is 1. The number of hydrogen-bond acceptors (Lipinski definition) is 5. The van der Waals surface area contributed by atoms with Crippen molar-refractivity contribution < 1.29 is 14.3 Å². The number of anilines is 1. The molecule has 2 heterocycles. The number of ether oxygens (including phenoxy) is 1. The van der Waals surface area contributed by atoms with E-state index in [-0.39, 0.29) is 35.6 Å². The highest BCUT2D eigenvalue weighted by molar-refractivity contribution is 6.30. The van der Waals surface area contributed by atoms with Gasteiger partial charge in [-0.15, -0.1) is 12.4 Å². The van der Waals surface area contributed by atoms with Crippen molar-refractivity contribution in [2.24, 2.45) is 5.73 Å². The fourth-order valence-corrected chi connectivity index (χ4v) is 4.98. The average Bonchev–Trinajstić information content (AvgIpc) is 3.20. The second-order valence-corrected chi connectivity index (χ2v) is 8.66. The molecule has 1 saturated carbocycles. The van der Waals surface area contributed by atoms with Crippen LogP contribution in [0.2, 0.25) is 5.02 Å². The molecule has 0 atom stereocenters. The van der Waals surface area contributed by atoms with Crippen molar-refractivity contribution in [3.63, 3.8) is 0 Å². The molecule has 2 N–H and O–H groups in total. The van der Waals surface area contributed by atoms with Gasteiger partial charge in [0.05, 0.1) is 7.11 Å². The lowest BCUT2D eigenvalue weighted by Crippen LogP contribution is -2.47. The number of aromatic nitrogens is 1. The van der Waals surface area contributed by atoms with Crippen LogP contribution in [-0.2, 0) is 10.2 Å². The van der Waals surface area contributed by atoms with Crippen molar-refractivity contribution >= 4 is 41.8 Å². The number of benzene rings is 1. The normalized spacial score (nSPS) is 23.1. The molecule has 0 unspecified atom stereocenters. The first-order valence-corrected chi connectivity index (χ1v) is 10.9. The molecule has 2 amide bonds. The summed E-state index contributed by atoms with van der Waals surface area (Å²) in [4.78, 5) is 32.8. The number of esters is 1. The Kier molecular flexibility index (Phi) is 7.64. The Morgan fingerprint density at radius 3 is 2.59 bits per heavy atom. The van der Waals surface area contributed by atoms with Gasteiger partial charge in [0.2, 0.25) is 0 Å². The minimum atomic E-state index is -0.517. The van der Waals surface area contributed by atoms with Crippen molar-refractivity contribution in [1.29, 1.82) is 0 Å². The van der Waals surface area contributed by atoms with Crippen LogP contribution in [0.25, 0.3) is 0 Å². The summed E-state index contributed by atoms with van der Waals surface area (Å²) in [5, 5.41) is 0.722. The Balaban J connectivity index is 0.00000289. The predicted octanol–water partition coefficient (Wildman–Crippen LogP) is 4.02. The summed E-state index contributed by atoms with van der Waals surface area (Å²) in [5.41, 5.74) is 7.49. The van der Waals surface area contributed by atoms with Gasteiger partial charge in [-0.3, -0.25) is 4.90 Å². The maximum absolute atomic E-state index is 13.2. The Hall–Kier alpha value is -2.35. The van der Waals surface area contributed by atoms with Gasteiger partial charge in [-0.25, -0.2) is 14.6 Å². The van der Waals surface area contributed by atoms with Gasteiger partial charge < -0.3 is 15.4 Å². The lowest BCUT2D eigenvalue weighted by Gasteiger charge is -2.42. The second-order valence-electron chi connectivity index (χ2n) is 8.23. The van der Waals surface area contributed by atoms with Gasteiger partial charge in [0, 0.05) is 36.1 Å². The molecule has 0 radical (unpaired) electrons. The summed E-state index contributed by atoms with van der Waals surface area (Å²) in [7, 11) is 1.31. The average molecular weight is 479 g/mol. The Bertz CT molecular complexity index is 979. The molecule has 9 heteroatoms. The van der Waals surface area contributed by atoms with E-state index in [1.165, 1.54) is 12.7 Å². The van der Waals surface area contributed by atoms with Crippen LogP contribution < -0.4 is 10.6 Å². The smallest absolute Gasteiger partial charge is 0.356 e. The van der Waals surface area contributed by atoms with Crippen molar-refractivity contribution in [2.75, 3.05) is 31.6 Å². The minimum absolute atomic E-state index is 0. The molecule has 4 rings (SSSR count). The molecular formula is C23H28Cl2N4O3. The number of urea groups is 1. The standard InChI is InChI=1S/C23H27ClN4O3.ClH/c1-31-21(29)19-6-3-7-20(26-19)28-13-12-27(22(28)30)18-8-10-23(15-25,11-9-18)16-4-2-5-17(24)14-16;/h2-7,14,18H,8-13,15,25H2,1H3;1H/t18-,23-;. The SMILES string of the molecule is COC(=O)c1cccc(N2CCN([C@H]3CC[C@](CN)(c4cccc(Cl)c4)CC3)C2=O)n1.Cl. The van der Waals surface area contributed by atoms with E-state index in [2.05, 4.69) is 11.1 Å². The Morgan fingerprint density at radius 2 is 1.94 bits per heavy atom. The number of carbonyl (C=O) groups excluding carboxylic acids is 2. The summed E-state index contributed by atoms with van der Waals surface area (Å²) in [5.74, 6) is -0.0433. The molecule has 1 aliphatic heterocycles. The number of halogens is 2. The number of pyridine rings is 1. The van der Waals surface area contributed by atoms with E-state index in [9.17, 15) is 9.59 Å². The maximum atomic E-state index is 13.2. The zero-order valence-electron chi connectivity index (χ0n) is 18.0. The van der Waals surface area contributed by atoms with Gasteiger partial charge in [-0.2, -0.15) is 0 Å². The van der Waals surface area contributed by atoms with Crippen LogP contribution in [0.15, 0.2) is 42.5 Å². The first kappa shape index (κ1) is 24.3. The molecular weight excluding hydrogens is 451 g/mol. The summed E-state index contributed by atoms with van der Waals surface area (Å²) in [6, 6.07) is 13.1. The first-order valence-electron chi connectivity index (χ1n) is 10.6. The van der Waals surface area contributed by atoms with Crippen molar-refractivity contribution in [2.45, 2.75) is 37.1 Å². The van der Waals surface area contributed by atoms with Gasteiger partial charge in [-0.1, -0.05) is 29.8 Å². The van der Waals surface area contributed by atoms with Crippen LogP contribution in [0.4, 0.5) is 10.6 Å². The van der Waals surface area contributed by atoms with Crippen LogP contribution >= 0.6 is 24.0 Å². The second kappa shape index (κ2) is 10.1. The summed E-state index contributed by atoms with van der Waals surface area (Å²) < 4.78 is 4.74. The molecule has 1 aromatic carbocycles. The van der Waals surface area contributed by atoms with E-state index in [1.54, 1.807) is 23.1 Å². The molecule has 1 saturated heterocycles. The van der Waals surface area contributed by atoms with Gasteiger partial charge in [0.25, 0.3) is 0 Å². The third-order valence-electron chi connectivity index (χ3n) is 6.63. The molecule has 1 aliphatic carbocycles. The minimum Gasteiger partial charge on any atom is -0.464 e. The highest BCUT2D eigenvalue weighted by atomic mass is 35.5. The van der Waals surface area contributed by atoms with E-state index in [4.69, 9.17) is 22.1 Å². The van der Waals surface area contributed by atoms with E-state index >= 15 is 0 Å². The lowest BCUT2D eigenvalue weighted by atomic mass is 9.68. The number of methoxy groups -OCH3 is 1. The number of amides is 2. The number of rotatable bonds is 5. The molecule has 32 heavy (non-hydrogen) atoms. The van der Waals surface area contributed by atoms with E-state index in [0.717, 1.165) is 30.7 Å². The van der Waals surface area contributed by atoms with Crippen LogP contribution in [-0.4, -0.2) is 54.7 Å².